The highest BCUT2D eigenvalue weighted by Gasteiger charge is 2.31. The molecule has 0 radical (unpaired) electrons. The highest BCUT2D eigenvalue weighted by Crippen LogP contribution is 2.35. The van der Waals surface area contributed by atoms with Crippen molar-refractivity contribution in [1.29, 1.82) is 0 Å². The number of ether oxygens (including phenoxy) is 1. The molecule has 4 rings (SSSR count). The van der Waals surface area contributed by atoms with Crippen molar-refractivity contribution in [3.8, 4) is 23.0 Å². The van der Waals surface area contributed by atoms with Crippen molar-refractivity contribution < 1.29 is 22.7 Å². The maximum Gasteiger partial charge on any atom is 0.416 e. The molecule has 0 fully saturated rings. The van der Waals surface area contributed by atoms with Crippen molar-refractivity contribution in [1.82, 2.24) is 24.8 Å². The Morgan fingerprint density at radius 2 is 1.81 bits per heavy atom. The fraction of sp³-hybridized carbons (Fsp3) is 0.300. The Labute approximate surface area is 247 Å². The first-order valence-corrected chi connectivity index (χ1v) is 13.6. The van der Waals surface area contributed by atoms with Crippen LogP contribution in [-0.2, 0) is 6.18 Å². The third-order valence-corrected chi connectivity index (χ3v) is 6.41. The number of nitrogens with one attached hydrogen (secondary N) is 3. The molecule has 2 aromatic heterocycles. The molecule has 0 bridgehead atoms. The SMILES string of the molecule is CNc1ncnc(-c2cccnc2Oc2cc(C(=O)Nc3cc(C(F)(F)F)ccc3NCCCCN(C)C)ccc2C)n1. The second kappa shape index (κ2) is 13.9. The summed E-state index contributed by atoms with van der Waals surface area (Å²) in [6.07, 6.45) is 0.0643. The fourth-order valence-electron chi connectivity index (χ4n) is 4.09. The number of carbonyl (C=O) groups excluding carboxylic acids is 1. The van der Waals surface area contributed by atoms with Gasteiger partial charge in [0.15, 0.2) is 5.82 Å². The molecule has 0 aliphatic heterocycles. The smallest absolute Gasteiger partial charge is 0.416 e. The Morgan fingerprint density at radius 1 is 1.00 bits per heavy atom. The molecule has 0 aliphatic carbocycles. The number of nitrogens with zero attached hydrogens (tertiary/aromatic N) is 5. The van der Waals surface area contributed by atoms with Gasteiger partial charge in [-0.25, -0.2) is 15.0 Å². The monoisotopic (exact) mass is 594 g/mol. The first-order chi connectivity index (χ1) is 20.5. The minimum atomic E-state index is -4.57. The number of halogens is 3. The summed E-state index contributed by atoms with van der Waals surface area (Å²) in [7, 11) is 5.64. The number of pyridine rings is 1. The van der Waals surface area contributed by atoms with Crippen LogP contribution in [0.4, 0.5) is 30.5 Å². The van der Waals surface area contributed by atoms with Crippen LogP contribution in [0.1, 0.15) is 34.3 Å². The molecule has 0 unspecified atom stereocenters. The van der Waals surface area contributed by atoms with Gasteiger partial charge in [0.25, 0.3) is 5.91 Å². The third kappa shape index (κ3) is 8.38. The van der Waals surface area contributed by atoms with Gasteiger partial charge in [0.1, 0.15) is 12.1 Å². The van der Waals surface area contributed by atoms with Gasteiger partial charge in [0, 0.05) is 25.4 Å². The topological polar surface area (TPSA) is 117 Å². The number of alkyl halides is 3. The number of hydrogen-bond acceptors (Lipinski definition) is 9. The van der Waals surface area contributed by atoms with Crippen LogP contribution in [0.3, 0.4) is 0 Å². The number of hydrogen-bond donors (Lipinski definition) is 3. The minimum absolute atomic E-state index is 0.0256. The van der Waals surface area contributed by atoms with E-state index in [-0.39, 0.29) is 17.1 Å². The predicted molar refractivity (Wildman–Crippen MR) is 160 cm³/mol. The maximum absolute atomic E-state index is 13.5. The van der Waals surface area contributed by atoms with E-state index in [1.54, 1.807) is 44.4 Å². The lowest BCUT2D eigenvalue weighted by atomic mass is 10.1. The molecule has 0 atom stereocenters. The molecule has 226 valence electrons. The van der Waals surface area contributed by atoms with Crippen molar-refractivity contribution >= 4 is 23.2 Å². The molecular formula is C30H33F3N8O2. The molecule has 2 heterocycles. The Bertz CT molecular complexity index is 1560. The van der Waals surface area contributed by atoms with Gasteiger partial charge < -0.3 is 25.6 Å². The maximum atomic E-state index is 13.5. The lowest BCUT2D eigenvalue weighted by molar-refractivity contribution is -0.137. The van der Waals surface area contributed by atoms with Crippen LogP contribution >= 0.6 is 0 Å². The first-order valence-electron chi connectivity index (χ1n) is 13.6. The second-order valence-electron chi connectivity index (χ2n) is 9.97. The molecule has 2 aromatic carbocycles. The van der Waals surface area contributed by atoms with Crippen LogP contribution in [0.2, 0.25) is 0 Å². The molecule has 0 spiro atoms. The van der Waals surface area contributed by atoms with Gasteiger partial charge in [-0.1, -0.05) is 6.07 Å². The number of unbranched alkanes of at least 4 members (excludes halogenated alkanes) is 1. The lowest BCUT2D eigenvalue weighted by Crippen LogP contribution is -2.17. The molecule has 4 aromatic rings. The van der Waals surface area contributed by atoms with Crippen LogP contribution in [0.15, 0.2) is 61.1 Å². The van der Waals surface area contributed by atoms with Crippen molar-refractivity contribution in [2.24, 2.45) is 0 Å². The molecule has 0 aliphatic rings. The van der Waals surface area contributed by atoms with Crippen LogP contribution in [0.5, 0.6) is 11.6 Å². The van der Waals surface area contributed by atoms with E-state index in [4.69, 9.17) is 4.74 Å². The average Bonchev–Trinajstić information content (AvgIpc) is 2.98. The van der Waals surface area contributed by atoms with E-state index in [0.717, 1.165) is 31.5 Å². The van der Waals surface area contributed by atoms with Gasteiger partial charge in [-0.2, -0.15) is 18.2 Å². The van der Waals surface area contributed by atoms with Gasteiger partial charge in [-0.3, -0.25) is 4.79 Å². The quantitative estimate of drug-likeness (QED) is 0.167. The van der Waals surface area contributed by atoms with E-state index >= 15 is 0 Å². The van der Waals surface area contributed by atoms with Gasteiger partial charge in [0.2, 0.25) is 11.8 Å². The van der Waals surface area contributed by atoms with E-state index in [9.17, 15) is 18.0 Å². The molecule has 13 heteroatoms. The van der Waals surface area contributed by atoms with E-state index in [1.807, 2.05) is 14.1 Å². The highest BCUT2D eigenvalue weighted by molar-refractivity contribution is 6.06. The van der Waals surface area contributed by atoms with Gasteiger partial charge in [0.05, 0.1) is 22.5 Å². The van der Waals surface area contributed by atoms with E-state index in [1.165, 1.54) is 18.5 Å². The number of aromatic nitrogens is 4. The first kappa shape index (κ1) is 31.2. The number of benzene rings is 2. The molecule has 43 heavy (non-hydrogen) atoms. The van der Waals surface area contributed by atoms with Crippen LogP contribution in [0, 0.1) is 6.92 Å². The van der Waals surface area contributed by atoms with E-state index in [2.05, 4.69) is 40.8 Å². The van der Waals surface area contributed by atoms with Crippen molar-refractivity contribution in [2.45, 2.75) is 25.9 Å². The number of amides is 1. The van der Waals surface area contributed by atoms with Gasteiger partial charge in [-0.05, 0) is 88.4 Å². The molecule has 0 saturated carbocycles. The van der Waals surface area contributed by atoms with Crippen molar-refractivity contribution in [2.75, 3.05) is 50.2 Å². The van der Waals surface area contributed by atoms with Crippen molar-refractivity contribution in [3.63, 3.8) is 0 Å². The third-order valence-electron chi connectivity index (χ3n) is 6.41. The normalized spacial score (nSPS) is 11.3. The highest BCUT2D eigenvalue weighted by atomic mass is 19.4. The summed E-state index contributed by atoms with van der Waals surface area (Å²) in [5, 5.41) is 8.65. The van der Waals surface area contributed by atoms with Gasteiger partial charge in [-0.15, -0.1) is 0 Å². The molecule has 1 amide bonds. The predicted octanol–water partition coefficient (Wildman–Crippen LogP) is 6.10. The Hall–Kier alpha value is -4.78. The molecule has 3 N–H and O–H groups in total. The minimum Gasteiger partial charge on any atom is -0.438 e. The standard InChI is InChI=1S/C30H33F3N8O2/c1-19-9-10-20(16-25(19)43-28-22(8-7-14-36-28)26-37-18-38-29(34-2)40-26)27(42)39-24-17-21(30(31,32)33)11-12-23(24)35-13-5-6-15-41(3)4/h7-12,14,16-18,35H,5-6,13,15H2,1-4H3,(H,39,42)(H,34,37,38,40). The average molecular weight is 595 g/mol. The van der Waals surface area contributed by atoms with E-state index < -0.39 is 17.6 Å². The zero-order chi connectivity index (χ0) is 31.0. The number of anilines is 3. The summed E-state index contributed by atoms with van der Waals surface area (Å²) in [6, 6.07) is 11.5. The summed E-state index contributed by atoms with van der Waals surface area (Å²) < 4.78 is 46.7. The number of carbonyl (C=O) groups is 1. The van der Waals surface area contributed by atoms with Crippen LogP contribution < -0.4 is 20.7 Å². The largest absolute Gasteiger partial charge is 0.438 e. The summed E-state index contributed by atoms with van der Waals surface area (Å²) >= 11 is 0. The van der Waals surface area contributed by atoms with Gasteiger partial charge >= 0.3 is 6.18 Å². The fourth-order valence-corrected chi connectivity index (χ4v) is 4.09. The van der Waals surface area contributed by atoms with Crippen LogP contribution in [0.25, 0.3) is 11.4 Å². The molecule has 0 saturated heterocycles. The van der Waals surface area contributed by atoms with Crippen LogP contribution in [-0.4, -0.2) is 65.0 Å². The lowest BCUT2D eigenvalue weighted by Gasteiger charge is -2.17. The summed E-state index contributed by atoms with van der Waals surface area (Å²) in [5.74, 6) is 0.637. The van der Waals surface area contributed by atoms with Crippen molar-refractivity contribution in [3.05, 3.63) is 77.7 Å². The number of aryl methyl sites for hydroxylation is 1. The summed E-state index contributed by atoms with van der Waals surface area (Å²) in [5.41, 5.74) is 0.949. The Kier molecular flexibility index (Phi) is 10.1. The zero-order valence-corrected chi connectivity index (χ0v) is 24.3. The molecule has 10 nitrogen and oxygen atoms in total. The zero-order valence-electron chi connectivity index (χ0n) is 24.3. The Balaban J connectivity index is 1.57. The summed E-state index contributed by atoms with van der Waals surface area (Å²) in [4.78, 5) is 32.3. The summed E-state index contributed by atoms with van der Waals surface area (Å²) in [6.45, 7) is 3.23. The Morgan fingerprint density at radius 3 is 2.56 bits per heavy atom. The second-order valence-corrected chi connectivity index (χ2v) is 9.97. The van der Waals surface area contributed by atoms with E-state index in [0.29, 0.717) is 40.9 Å². The number of rotatable bonds is 12. The molecular weight excluding hydrogens is 561 g/mol.